The van der Waals surface area contributed by atoms with Crippen molar-refractivity contribution in [3.05, 3.63) is 59.2 Å². The van der Waals surface area contributed by atoms with Crippen molar-refractivity contribution in [3.8, 4) is 6.07 Å². The van der Waals surface area contributed by atoms with E-state index >= 15 is 0 Å². The molecule has 186 valence electrons. The van der Waals surface area contributed by atoms with Gasteiger partial charge in [-0.25, -0.2) is 8.78 Å². The SMILES string of the molecule is CC=Nc1ccc(C#N)cc1C.CCc1ccccc1N1C[C@@]2(CCC(F)(F)[C@H](CC)C2)CC1=O. The average Bonchev–Trinajstić information content (AvgIpc) is 3.18. The topological polar surface area (TPSA) is 56.5 Å². The van der Waals surface area contributed by atoms with Crippen molar-refractivity contribution in [1.29, 1.82) is 5.26 Å². The van der Waals surface area contributed by atoms with E-state index in [4.69, 9.17) is 5.26 Å². The summed E-state index contributed by atoms with van der Waals surface area (Å²) in [6.45, 7) is 8.32. The normalized spacial score (nSPS) is 23.3. The zero-order chi connectivity index (χ0) is 25.6. The maximum Gasteiger partial charge on any atom is 0.250 e. The molecular formula is C29H35F2N3O. The van der Waals surface area contributed by atoms with Crippen LogP contribution in [0.1, 0.15) is 69.6 Å². The molecule has 4 rings (SSSR count). The third-order valence-corrected chi connectivity index (χ3v) is 7.34. The number of rotatable bonds is 4. The van der Waals surface area contributed by atoms with Crippen LogP contribution >= 0.6 is 0 Å². The molecule has 1 aliphatic carbocycles. The highest BCUT2D eigenvalue weighted by atomic mass is 19.3. The summed E-state index contributed by atoms with van der Waals surface area (Å²) in [5, 5.41) is 8.59. The van der Waals surface area contributed by atoms with Crippen molar-refractivity contribution in [1.82, 2.24) is 0 Å². The molecule has 1 saturated heterocycles. The van der Waals surface area contributed by atoms with E-state index in [0.717, 1.165) is 28.9 Å². The van der Waals surface area contributed by atoms with Crippen LogP contribution < -0.4 is 4.90 Å². The lowest BCUT2D eigenvalue weighted by molar-refractivity contribution is -0.125. The lowest BCUT2D eigenvalue weighted by Crippen LogP contribution is -2.42. The first-order valence-electron chi connectivity index (χ1n) is 12.4. The Morgan fingerprint density at radius 2 is 1.94 bits per heavy atom. The molecular weight excluding hydrogens is 444 g/mol. The molecule has 2 fully saturated rings. The number of carbonyl (C=O) groups is 1. The summed E-state index contributed by atoms with van der Waals surface area (Å²) in [4.78, 5) is 18.6. The second-order valence-electron chi connectivity index (χ2n) is 9.71. The molecule has 1 aliphatic heterocycles. The van der Waals surface area contributed by atoms with Crippen LogP contribution in [0.5, 0.6) is 0 Å². The van der Waals surface area contributed by atoms with E-state index in [0.29, 0.717) is 37.8 Å². The second-order valence-corrected chi connectivity index (χ2v) is 9.71. The fraction of sp³-hybridized carbons (Fsp3) is 0.483. The highest BCUT2D eigenvalue weighted by Crippen LogP contribution is 2.53. The van der Waals surface area contributed by atoms with Gasteiger partial charge in [-0.15, -0.1) is 0 Å². The molecule has 0 unspecified atom stereocenters. The second kappa shape index (κ2) is 11.1. The number of amides is 1. The first-order chi connectivity index (χ1) is 16.7. The van der Waals surface area contributed by atoms with Crippen LogP contribution in [0.4, 0.5) is 20.2 Å². The predicted octanol–water partition coefficient (Wildman–Crippen LogP) is 7.41. The minimum absolute atomic E-state index is 0.0813. The van der Waals surface area contributed by atoms with Crippen LogP contribution in [-0.2, 0) is 11.2 Å². The van der Waals surface area contributed by atoms with Crippen LogP contribution in [0.15, 0.2) is 47.5 Å². The smallest absolute Gasteiger partial charge is 0.250 e. The third-order valence-electron chi connectivity index (χ3n) is 7.34. The van der Waals surface area contributed by atoms with E-state index in [2.05, 4.69) is 18.0 Å². The number of alkyl halides is 2. The number of carbonyl (C=O) groups excluding carboxylic acids is 1. The maximum absolute atomic E-state index is 14.0. The third kappa shape index (κ3) is 5.96. The number of nitrogens with zero attached hydrogens (tertiary/aromatic N) is 3. The first kappa shape index (κ1) is 26.5. The number of aliphatic imine (C=N–C) groups is 1. The summed E-state index contributed by atoms with van der Waals surface area (Å²) < 4.78 is 28.1. The van der Waals surface area contributed by atoms with Crippen molar-refractivity contribution in [3.63, 3.8) is 0 Å². The Morgan fingerprint density at radius 1 is 1.20 bits per heavy atom. The zero-order valence-electron chi connectivity index (χ0n) is 21.2. The van der Waals surface area contributed by atoms with Gasteiger partial charge in [0.25, 0.3) is 5.92 Å². The molecule has 0 aromatic heterocycles. The standard InChI is InChI=1S/C19H25F2NO.C10H10N2/c1-3-14-7-5-6-8-16(14)22-13-18(12-17(22)23)9-10-19(20,21)15(4-2)11-18;1-3-12-10-5-4-9(7-11)6-8(10)2/h5-8,15H,3-4,9-13H2,1-2H3;3-6H,1-2H3/t15-,18-;/m1./s1. The fourth-order valence-electron chi connectivity index (χ4n) is 5.35. The number of para-hydroxylation sites is 1. The number of benzene rings is 2. The summed E-state index contributed by atoms with van der Waals surface area (Å²) >= 11 is 0. The number of nitriles is 1. The minimum Gasteiger partial charge on any atom is -0.312 e. The van der Waals surface area contributed by atoms with Gasteiger partial charge in [0, 0.05) is 37.2 Å². The number of halogens is 2. The summed E-state index contributed by atoms with van der Waals surface area (Å²) in [5.74, 6) is -3.07. The fourth-order valence-corrected chi connectivity index (χ4v) is 5.35. The summed E-state index contributed by atoms with van der Waals surface area (Å²) in [5.41, 5.74) is 4.49. The van der Waals surface area contributed by atoms with Crippen molar-refractivity contribution >= 4 is 23.5 Å². The van der Waals surface area contributed by atoms with E-state index in [9.17, 15) is 13.6 Å². The molecule has 0 bridgehead atoms. The average molecular weight is 480 g/mol. The van der Waals surface area contributed by atoms with Gasteiger partial charge in [0.15, 0.2) is 0 Å². The van der Waals surface area contributed by atoms with Gasteiger partial charge in [0.1, 0.15) is 0 Å². The molecule has 1 heterocycles. The number of aryl methyl sites for hydroxylation is 2. The monoisotopic (exact) mass is 479 g/mol. The Morgan fingerprint density at radius 3 is 2.57 bits per heavy atom. The number of hydrogen-bond acceptors (Lipinski definition) is 3. The van der Waals surface area contributed by atoms with Gasteiger partial charge < -0.3 is 4.90 Å². The van der Waals surface area contributed by atoms with Crippen molar-refractivity contribution in [2.24, 2.45) is 16.3 Å². The predicted molar refractivity (Wildman–Crippen MR) is 138 cm³/mol. The molecule has 0 N–H and O–H groups in total. The van der Waals surface area contributed by atoms with Gasteiger partial charge in [-0.3, -0.25) is 9.79 Å². The quantitative estimate of drug-likeness (QED) is 0.429. The molecule has 35 heavy (non-hydrogen) atoms. The molecule has 1 amide bonds. The molecule has 2 atom stereocenters. The highest BCUT2D eigenvalue weighted by molar-refractivity contribution is 5.97. The summed E-state index contributed by atoms with van der Waals surface area (Å²) in [6.07, 6.45) is 4.34. The molecule has 4 nitrogen and oxygen atoms in total. The molecule has 0 radical (unpaired) electrons. The van der Waals surface area contributed by atoms with Crippen molar-refractivity contribution in [2.75, 3.05) is 11.4 Å². The molecule has 6 heteroatoms. The van der Waals surface area contributed by atoms with Crippen LogP contribution in [0.2, 0.25) is 0 Å². The molecule has 2 aliphatic rings. The van der Waals surface area contributed by atoms with E-state index in [1.165, 1.54) is 0 Å². The summed E-state index contributed by atoms with van der Waals surface area (Å²) in [6, 6.07) is 15.5. The van der Waals surface area contributed by atoms with Crippen molar-refractivity contribution < 1.29 is 13.6 Å². The Bertz CT molecular complexity index is 1120. The van der Waals surface area contributed by atoms with E-state index < -0.39 is 11.8 Å². The first-order valence-corrected chi connectivity index (χ1v) is 12.4. The largest absolute Gasteiger partial charge is 0.312 e. The van der Waals surface area contributed by atoms with Gasteiger partial charge >= 0.3 is 0 Å². The van der Waals surface area contributed by atoms with Crippen molar-refractivity contribution in [2.45, 2.75) is 72.1 Å². The molecule has 2 aromatic rings. The van der Waals surface area contributed by atoms with Gasteiger partial charge in [-0.05, 0) is 80.3 Å². The van der Waals surface area contributed by atoms with Gasteiger partial charge in [-0.2, -0.15) is 5.26 Å². The van der Waals surface area contributed by atoms with Gasteiger partial charge in [0.2, 0.25) is 5.91 Å². The van der Waals surface area contributed by atoms with Crippen LogP contribution in [0.3, 0.4) is 0 Å². The highest BCUT2D eigenvalue weighted by Gasteiger charge is 2.54. The van der Waals surface area contributed by atoms with E-state index in [-0.39, 0.29) is 17.7 Å². The Labute approximate surface area is 207 Å². The lowest BCUT2D eigenvalue weighted by Gasteiger charge is -2.41. The molecule has 1 saturated carbocycles. The lowest BCUT2D eigenvalue weighted by atomic mass is 9.66. The molecule has 2 aromatic carbocycles. The van der Waals surface area contributed by atoms with Crippen LogP contribution in [0.25, 0.3) is 0 Å². The maximum atomic E-state index is 14.0. The van der Waals surface area contributed by atoms with Crippen LogP contribution in [-0.4, -0.2) is 24.6 Å². The molecule has 1 spiro atoms. The van der Waals surface area contributed by atoms with Crippen LogP contribution in [0, 0.1) is 29.6 Å². The minimum atomic E-state index is -2.57. The zero-order valence-corrected chi connectivity index (χ0v) is 21.2. The summed E-state index contributed by atoms with van der Waals surface area (Å²) in [7, 11) is 0. The van der Waals surface area contributed by atoms with Gasteiger partial charge in [0.05, 0.1) is 17.3 Å². The van der Waals surface area contributed by atoms with E-state index in [1.54, 1.807) is 12.3 Å². The Balaban J connectivity index is 0.000000241. The Hall–Kier alpha value is -3.07. The van der Waals surface area contributed by atoms with Gasteiger partial charge in [-0.1, -0.05) is 32.0 Å². The number of anilines is 1. The Kier molecular flexibility index (Phi) is 8.43. The van der Waals surface area contributed by atoms with E-state index in [1.807, 2.05) is 62.1 Å². The number of hydrogen-bond donors (Lipinski definition) is 0.